The number of tetrazole rings is 1. The molecule has 2 unspecified atom stereocenters. The molecule has 6 nitrogen and oxygen atoms in total. The van der Waals surface area contributed by atoms with E-state index in [1.54, 1.807) is 24.3 Å². The van der Waals surface area contributed by atoms with Gasteiger partial charge in [-0.3, -0.25) is 0 Å². The number of thioether (sulfide) groups is 1. The summed E-state index contributed by atoms with van der Waals surface area (Å²) in [4.78, 5) is 4.78. The fourth-order valence-electron chi connectivity index (χ4n) is 5.33. The summed E-state index contributed by atoms with van der Waals surface area (Å²) >= 11 is 14.1. The first-order chi connectivity index (χ1) is 17.8. The number of rotatable bonds is 5. The van der Waals surface area contributed by atoms with Gasteiger partial charge >= 0.3 is 0 Å². The van der Waals surface area contributed by atoms with E-state index in [4.69, 9.17) is 28.2 Å². The highest BCUT2D eigenvalue weighted by molar-refractivity contribution is 7.98. The van der Waals surface area contributed by atoms with Crippen molar-refractivity contribution in [2.24, 2.45) is 0 Å². The Morgan fingerprint density at radius 3 is 2.73 bits per heavy atom. The SMILES string of the molecule is CC1(c2ccc(Cl)c(Cl)c2)CC2(C=CC(F)=CC2)n2c1cnc2SCc1ccc(F)c(-c2nn[nH]n2)c1. The monoisotopic (exact) mass is 556 g/mol. The Morgan fingerprint density at radius 2 is 2.00 bits per heavy atom. The van der Waals surface area contributed by atoms with Crippen molar-refractivity contribution in [3.63, 3.8) is 0 Å². The minimum absolute atomic E-state index is 0.198. The van der Waals surface area contributed by atoms with E-state index >= 15 is 0 Å². The van der Waals surface area contributed by atoms with Gasteiger partial charge in [0, 0.05) is 16.9 Å². The van der Waals surface area contributed by atoms with E-state index in [-0.39, 0.29) is 17.2 Å². The molecule has 0 saturated heterocycles. The number of fused-ring (bicyclic) bond motifs is 2. The molecular weight excluding hydrogens is 537 g/mol. The van der Waals surface area contributed by atoms with Gasteiger partial charge in [-0.05, 0) is 72.5 Å². The summed E-state index contributed by atoms with van der Waals surface area (Å²) in [6.07, 6.45) is 8.18. The molecule has 4 aromatic rings. The highest BCUT2D eigenvalue weighted by Gasteiger charge is 2.51. The second-order valence-corrected chi connectivity index (χ2v) is 11.2. The van der Waals surface area contributed by atoms with Crippen LogP contribution >= 0.6 is 35.0 Å². The number of aromatic amines is 1. The third kappa shape index (κ3) is 4.09. The van der Waals surface area contributed by atoms with Crippen molar-refractivity contribution in [1.82, 2.24) is 30.2 Å². The molecule has 6 rings (SSSR count). The quantitative estimate of drug-likeness (QED) is 0.267. The summed E-state index contributed by atoms with van der Waals surface area (Å²) in [6.45, 7) is 2.16. The Morgan fingerprint density at radius 1 is 1.14 bits per heavy atom. The molecule has 1 N–H and O–H groups in total. The molecule has 0 radical (unpaired) electrons. The summed E-state index contributed by atoms with van der Waals surface area (Å²) in [5, 5.41) is 15.4. The zero-order valence-corrected chi connectivity index (χ0v) is 21.9. The van der Waals surface area contributed by atoms with Crippen molar-refractivity contribution in [3.05, 3.63) is 99.3 Å². The van der Waals surface area contributed by atoms with Crippen LogP contribution in [0.1, 0.15) is 36.6 Å². The predicted molar refractivity (Wildman–Crippen MR) is 140 cm³/mol. The predicted octanol–water partition coefficient (Wildman–Crippen LogP) is 7.02. The molecule has 2 aromatic carbocycles. The van der Waals surface area contributed by atoms with Gasteiger partial charge in [-0.1, -0.05) is 53.2 Å². The van der Waals surface area contributed by atoms with Gasteiger partial charge in [-0.25, -0.2) is 13.8 Å². The smallest absolute Gasteiger partial charge is 0.207 e. The molecular formula is C26H20Cl2F2N6S. The maximum atomic E-state index is 14.4. The van der Waals surface area contributed by atoms with Crippen LogP contribution in [0.5, 0.6) is 0 Å². The minimum atomic E-state index is -0.483. The molecule has 2 aliphatic rings. The lowest BCUT2D eigenvalue weighted by atomic mass is 9.73. The van der Waals surface area contributed by atoms with Crippen LogP contribution in [0.15, 0.2) is 71.8 Å². The minimum Gasteiger partial charge on any atom is -0.312 e. The number of imidazole rings is 1. The van der Waals surface area contributed by atoms with Crippen molar-refractivity contribution in [2.75, 3.05) is 0 Å². The van der Waals surface area contributed by atoms with E-state index in [0.29, 0.717) is 28.6 Å². The zero-order chi connectivity index (χ0) is 25.8. The Hall–Kier alpha value is -3.01. The van der Waals surface area contributed by atoms with Crippen LogP contribution < -0.4 is 0 Å². The number of nitrogens with one attached hydrogen (secondary N) is 1. The number of allylic oxidation sites excluding steroid dienone is 4. The Labute approximate surface area is 225 Å². The number of aromatic nitrogens is 6. The molecule has 11 heteroatoms. The van der Waals surface area contributed by atoms with Gasteiger partial charge in [0.05, 0.1) is 27.3 Å². The molecule has 37 heavy (non-hydrogen) atoms. The fourth-order valence-corrected chi connectivity index (χ4v) is 6.64. The lowest BCUT2D eigenvalue weighted by Crippen LogP contribution is -2.31. The van der Waals surface area contributed by atoms with E-state index in [0.717, 1.165) is 22.0 Å². The molecule has 2 aromatic heterocycles. The molecule has 0 fully saturated rings. The highest BCUT2D eigenvalue weighted by atomic mass is 35.5. The maximum absolute atomic E-state index is 14.4. The van der Waals surface area contributed by atoms with Crippen LogP contribution in [0, 0.1) is 5.82 Å². The van der Waals surface area contributed by atoms with Gasteiger partial charge in [0.2, 0.25) is 5.82 Å². The van der Waals surface area contributed by atoms with Crippen LogP contribution in [-0.4, -0.2) is 30.2 Å². The van der Waals surface area contributed by atoms with E-state index in [9.17, 15) is 8.78 Å². The summed E-state index contributed by atoms with van der Waals surface area (Å²) < 4.78 is 30.7. The Kier molecular flexibility index (Phi) is 5.97. The number of nitrogens with zero attached hydrogens (tertiary/aromatic N) is 5. The van der Waals surface area contributed by atoms with Crippen LogP contribution in [0.3, 0.4) is 0 Å². The fraction of sp³-hybridized carbons (Fsp3) is 0.231. The van der Waals surface area contributed by atoms with Gasteiger partial charge in [0.25, 0.3) is 0 Å². The third-order valence-corrected chi connectivity index (χ3v) is 8.91. The summed E-state index contributed by atoms with van der Waals surface area (Å²) in [7, 11) is 0. The molecule has 188 valence electrons. The van der Waals surface area contributed by atoms with Crippen molar-refractivity contribution in [1.29, 1.82) is 0 Å². The maximum Gasteiger partial charge on any atom is 0.207 e. The average Bonchev–Trinajstić information content (AvgIpc) is 3.62. The topological polar surface area (TPSA) is 72.3 Å². The molecule has 0 saturated carbocycles. The first kappa shape index (κ1) is 24.3. The van der Waals surface area contributed by atoms with Crippen LogP contribution in [0.2, 0.25) is 10.0 Å². The Bertz CT molecular complexity index is 1570. The van der Waals surface area contributed by atoms with Gasteiger partial charge in [-0.2, -0.15) is 5.21 Å². The van der Waals surface area contributed by atoms with E-state index in [2.05, 4.69) is 32.1 Å². The van der Waals surface area contributed by atoms with Crippen LogP contribution in [0.25, 0.3) is 11.4 Å². The largest absolute Gasteiger partial charge is 0.312 e. The highest BCUT2D eigenvalue weighted by Crippen LogP contribution is 2.54. The lowest BCUT2D eigenvalue weighted by molar-refractivity contribution is 0.332. The molecule has 1 aliphatic heterocycles. The summed E-state index contributed by atoms with van der Waals surface area (Å²) in [5.41, 5.74) is 2.29. The van der Waals surface area contributed by atoms with Gasteiger partial charge in [0.15, 0.2) is 5.16 Å². The van der Waals surface area contributed by atoms with Gasteiger partial charge < -0.3 is 4.57 Å². The second-order valence-electron chi connectivity index (χ2n) is 9.47. The number of benzene rings is 2. The third-order valence-electron chi connectivity index (χ3n) is 7.14. The first-order valence-electron chi connectivity index (χ1n) is 11.5. The number of hydrogen-bond acceptors (Lipinski definition) is 5. The lowest BCUT2D eigenvalue weighted by Gasteiger charge is -2.32. The standard InChI is InChI=1S/C26H20Cl2F2N6S/c1-25(16-3-4-19(27)20(28)11-16)14-26(8-6-17(29)7-9-26)36-22(25)12-31-24(36)37-13-15-2-5-21(30)18(10-15)23-32-34-35-33-23/h2-8,10-12H,9,13-14H2,1H3,(H,32,33,34,35). The van der Waals surface area contributed by atoms with E-state index in [1.807, 2.05) is 24.4 Å². The van der Waals surface area contributed by atoms with E-state index in [1.165, 1.54) is 23.9 Å². The number of H-pyrrole nitrogens is 1. The van der Waals surface area contributed by atoms with E-state index < -0.39 is 16.8 Å². The first-order valence-corrected chi connectivity index (χ1v) is 13.3. The average molecular weight is 557 g/mol. The molecule has 3 heterocycles. The summed E-state index contributed by atoms with van der Waals surface area (Å²) in [6, 6.07) is 10.5. The second kappa shape index (κ2) is 9.08. The summed E-state index contributed by atoms with van der Waals surface area (Å²) in [5.74, 6) is 0.0672. The molecule has 1 aliphatic carbocycles. The molecule has 0 amide bonds. The van der Waals surface area contributed by atoms with Gasteiger partial charge in [0.1, 0.15) is 11.6 Å². The van der Waals surface area contributed by atoms with Crippen molar-refractivity contribution in [3.8, 4) is 11.4 Å². The molecule has 2 atom stereocenters. The van der Waals surface area contributed by atoms with Crippen LogP contribution in [-0.2, 0) is 16.7 Å². The number of halogens is 4. The normalized spacial score (nSPS) is 22.5. The Balaban J connectivity index is 1.38. The van der Waals surface area contributed by atoms with Gasteiger partial charge in [-0.15, -0.1) is 10.2 Å². The number of hydrogen-bond donors (Lipinski definition) is 1. The zero-order valence-electron chi connectivity index (χ0n) is 19.6. The van der Waals surface area contributed by atoms with Crippen molar-refractivity contribution in [2.45, 2.75) is 41.6 Å². The van der Waals surface area contributed by atoms with Crippen LogP contribution in [0.4, 0.5) is 8.78 Å². The van der Waals surface area contributed by atoms with Crippen molar-refractivity contribution < 1.29 is 8.78 Å². The molecule has 0 bridgehead atoms. The van der Waals surface area contributed by atoms with Crippen molar-refractivity contribution >= 4 is 35.0 Å². The molecule has 1 spiro atoms.